The highest BCUT2D eigenvalue weighted by atomic mass is 16.2. The minimum absolute atomic E-state index is 0.250. The van der Waals surface area contributed by atoms with Crippen LogP contribution in [0, 0.1) is 0 Å². The van der Waals surface area contributed by atoms with Crippen LogP contribution in [0.25, 0.3) is 5.65 Å². The predicted octanol–water partition coefficient (Wildman–Crippen LogP) is 2.66. The van der Waals surface area contributed by atoms with Gasteiger partial charge in [-0.1, -0.05) is 6.07 Å². The van der Waals surface area contributed by atoms with E-state index in [1.165, 1.54) is 6.20 Å². The quantitative estimate of drug-likeness (QED) is 0.272. The number of nitrogens with two attached hydrogens (primary N) is 2. The van der Waals surface area contributed by atoms with Crippen molar-refractivity contribution in [2.75, 3.05) is 16.0 Å². The van der Waals surface area contributed by atoms with E-state index in [9.17, 15) is 4.79 Å². The number of aromatic nitrogens is 5. The fourth-order valence-corrected chi connectivity index (χ4v) is 4.15. The molecule has 0 aromatic carbocycles. The van der Waals surface area contributed by atoms with E-state index in [-0.39, 0.29) is 18.0 Å². The molecule has 35 heavy (non-hydrogen) atoms. The number of fused-ring (bicyclic) bond motifs is 1. The summed E-state index contributed by atoms with van der Waals surface area (Å²) in [5, 5.41) is 14.4. The number of nitrogens with one attached hydrogen (secondary N) is 3. The van der Waals surface area contributed by atoms with Crippen LogP contribution in [0.5, 0.6) is 0 Å². The molecular formula is C24H28N10O. The Morgan fingerprint density at radius 2 is 1.83 bits per heavy atom. The lowest BCUT2D eigenvalue weighted by Crippen LogP contribution is -2.33. The zero-order valence-corrected chi connectivity index (χ0v) is 19.2. The molecule has 0 atom stereocenters. The highest BCUT2D eigenvalue weighted by Crippen LogP contribution is 2.26. The molecule has 0 saturated heterocycles. The molecule has 4 heterocycles. The Labute approximate surface area is 202 Å². The predicted molar refractivity (Wildman–Crippen MR) is 134 cm³/mol. The average molecular weight is 473 g/mol. The number of hydrogen-bond acceptors (Lipinski definition) is 9. The van der Waals surface area contributed by atoms with Crippen LogP contribution in [0.2, 0.25) is 0 Å². The van der Waals surface area contributed by atoms with Crippen molar-refractivity contribution in [3.05, 3.63) is 66.4 Å². The van der Waals surface area contributed by atoms with Crippen molar-refractivity contribution in [2.24, 2.45) is 11.5 Å². The molecule has 0 unspecified atom stereocenters. The second-order valence-corrected chi connectivity index (χ2v) is 8.65. The lowest BCUT2D eigenvalue weighted by Gasteiger charge is -2.27. The number of amides is 1. The zero-order chi connectivity index (χ0) is 24.2. The highest BCUT2D eigenvalue weighted by Gasteiger charge is 2.21. The largest absolute Gasteiger partial charge is 0.366 e. The maximum absolute atomic E-state index is 13.1. The van der Waals surface area contributed by atoms with E-state index in [1.807, 2.05) is 18.2 Å². The summed E-state index contributed by atoms with van der Waals surface area (Å²) < 4.78 is 1.55. The Kier molecular flexibility index (Phi) is 6.51. The van der Waals surface area contributed by atoms with Crippen molar-refractivity contribution in [3.63, 3.8) is 0 Å². The number of anilines is 4. The van der Waals surface area contributed by atoms with Crippen molar-refractivity contribution in [1.29, 1.82) is 0 Å². The summed E-state index contributed by atoms with van der Waals surface area (Å²) in [5.74, 6) is 0.944. The van der Waals surface area contributed by atoms with Gasteiger partial charge in [0.15, 0.2) is 11.3 Å². The molecule has 1 saturated carbocycles. The van der Waals surface area contributed by atoms with E-state index < -0.39 is 0 Å². The molecule has 4 aromatic rings. The maximum atomic E-state index is 13.1. The van der Waals surface area contributed by atoms with Crippen molar-refractivity contribution < 1.29 is 4.79 Å². The van der Waals surface area contributed by atoms with Crippen molar-refractivity contribution >= 4 is 34.6 Å². The first-order chi connectivity index (χ1) is 17.1. The van der Waals surface area contributed by atoms with Crippen molar-refractivity contribution in [1.82, 2.24) is 24.6 Å². The fourth-order valence-electron chi connectivity index (χ4n) is 4.15. The smallest absolute Gasteiger partial charge is 0.276 e. The molecule has 1 aliphatic rings. The highest BCUT2D eigenvalue weighted by molar-refractivity contribution is 6.03. The molecule has 0 radical (unpaired) electrons. The first kappa shape index (κ1) is 22.7. The minimum atomic E-state index is -0.326. The van der Waals surface area contributed by atoms with E-state index in [2.05, 4.69) is 30.9 Å². The molecule has 0 spiro atoms. The third kappa shape index (κ3) is 5.20. The average Bonchev–Trinajstić information content (AvgIpc) is 3.31. The molecular weight excluding hydrogens is 444 g/mol. The minimum Gasteiger partial charge on any atom is -0.366 e. The number of hydrogen-bond donors (Lipinski definition) is 5. The summed E-state index contributed by atoms with van der Waals surface area (Å²) in [7, 11) is 0. The van der Waals surface area contributed by atoms with E-state index in [0.717, 1.165) is 31.2 Å². The van der Waals surface area contributed by atoms with Crippen molar-refractivity contribution in [2.45, 2.75) is 44.3 Å². The summed E-state index contributed by atoms with van der Waals surface area (Å²) in [4.78, 5) is 26.0. The van der Waals surface area contributed by atoms with E-state index in [0.29, 0.717) is 40.9 Å². The number of imidazole rings is 1. The molecule has 1 fully saturated rings. The van der Waals surface area contributed by atoms with E-state index in [1.54, 1.807) is 35.2 Å². The van der Waals surface area contributed by atoms with Gasteiger partial charge in [-0.15, -0.1) is 5.10 Å². The lowest BCUT2D eigenvalue weighted by molar-refractivity contribution is 0.102. The molecule has 7 N–H and O–H groups in total. The van der Waals surface area contributed by atoms with Crippen LogP contribution in [0.4, 0.5) is 23.0 Å². The van der Waals surface area contributed by atoms with Crippen LogP contribution in [0.3, 0.4) is 0 Å². The normalized spacial score (nSPS) is 17.8. The Morgan fingerprint density at radius 1 is 1.03 bits per heavy atom. The van der Waals surface area contributed by atoms with Gasteiger partial charge in [-0.05, 0) is 49.4 Å². The lowest BCUT2D eigenvalue weighted by atomic mass is 9.92. The Hall–Kier alpha value is -4.09. The van der Waals surface area contributed by atoms with Gasteiger partial charge in [-0.2, -0.15) is 0 Å². The summed E-state index contributed by atoms with van der Waals surface area (Å²) >= 11 is 0. The fraction of sp³-hybridized carbons (Fsp3) is 0.292. The molecule has 4 aromatic heterocycles. The van der Waals surface area contributed by atoms with Crippen LogP contribution < -0.4 is 27.4 Å². The number of pyridine rings is 2. The number of carbonyl (C=O) groups excluding carboxylic acids is 1. The number of rotatable bonds is 7. The summed E-state index contributed by atoms with van der Waals surface area (Å²) in [6.45, 7) is 0.419. The topological polar surface area (TPSA) is 161 Å². The van der Waals surface area contributed by atoms with Gasteiger partial charge in [-0.25, -0.2) is 14.5 Å². The molecule has 11 nitrogen and oxygen atoms in total. The third-order valence-electron chi connectivity index (χ3n) is 6.09. The summed E-state index contributed by atoms with van der Waals surface area (Å²) in [6, 6.07) is 9.61. The summed E-state index contributed by atoms with van der Waals surface area (Å²) in [5.41, 5.74) is 14.8. The number of carbonyl (C=O) groups is 1. The van der Waals surface area contributed by atoms with Crippen LogP contribution in [-0.2, 0) is 6.54 Å². The van der Waals surface area contributed by atoms with Crippen molar-refractivity contribution in [3.8, 4) is 0 Å². The van der Waals surface area contributed by atoms with Crippen LogP contribution in [0.1, 0.15) is 41.7 Å². The second-order valence-electron chi connectivity index (χ2n) is 8.65. The first-order valence-electron chi connectivity index (χ1n) is 11.6. The van der Waals surface area contributed by atoms with Gasteiger partial charge in [0, 0.05) is 49.0 Å². The Balaban J connectivity index is 1.48. The standard InChI is InChI=1S/C24H28N10O/c25-12-15-1-6-21(28-13-15)32-19-11-22(30-17-4-2-16(26)3-5-17)33-34-20(14-29-23(19)34)24(35)31-18-7-9-27-10-8-18/h1,6-11,13-14,16-17H,2-5,12,25-26H2,(H,28,32)(H,30,33)(H,27,31,35)/t16-,17-. The van der Waals surface area contributed by atoms with Gasteiger partial charge in [-0.3, -0.25) is 9.78 Å². The Morgan fingerprint density at radius 3 is 2.54 bits per heavy atom. The Bertz CT molecular complexity index is 1300. The van der Waals surface area contributed by atoms with Gasteiger partial charge >= 0.3 is 0 Å². The van der Waals surface area contributed by atoms with Crippen LogP contribution in [0.15, 0.2) is 55.1 Å². The number of nitrogens with zero attached hydrogens (tertiary/aromatic N) is 5. The van der Waals surface area contributed by atoms with Gasteiger partial charge in [0.2, 0.25) is 0 Å². The van der Waals surface area contributed by atoms with E-state index in [4.69, 9.17) is 16.6 Å². The van der Waals surface area contributed by atoms with Gasteiger partial charge < -0.3 is 27.4 Å². The van der Waals surface area contributed by atoms with Crippen LogP contribution >= 0.6 is 0 Å². The first-order valence-corrected chi connectivity index (χ1v) is 11.6. The maximum Gasteiger partial charge on any atom is 0.276 e. The van der Waals surface area contributed by atoms with Gasteiger partial charge in [0.05, 0.1) is 11.9 Å². The van der Waals surface area contributed by atoms with E-state index >= 15 is 0 Å². The molecule has 11 heteroatoms. The van der Waals surface area contributed by atoms with Gasteiger partial charge in [0.1, 0.15) is 11.6 Å². The summed E-state index contributed by atoms with van der Waals surface area (Å²) in [6.07, 6.45) is 10.3. The molecule has 1 amide bonds. The second kappa shape index (κ2) is 10.0. The SMILES string of the molecule is NCc1ccc(Nc2cc(N[C@H]3CC[C@H](N)CC3)nn3c(C(=O)Nc4ccncc4)cnc23)nc1. The zero-order valence-electron chi connectivity index (χ0n) is 19.2. The van der Waals surface area contributed by atoms with Gasteiger partial charge in [0.25, 0.3) is 5.91 Å². The molecule has 0 bridgehead atoms. The molecule has 5 rings (SSSR count). The molecule has 0 aliphatic heterocycles. The third-order valence-corrected chi connectivity index (χ3v) is 6.09. The monoisotopic (exact) mass is 472 g/mol. The molecule has 1 aliphatic carbocycles. The van der Waals surface area contributed by atoms with Crippen LogP contribution in [-0.4, -0.2) is 42.6 Å². The molecule has 180 valence electrons.